The van der Waals surface area contributed by atoms with Crippen molar-refractivity contribution in [2.75, 3.05) is 13.1 Å². The van der Waals surface area contributed by atoms with Gasteiger partial charge in [0.1, 0.15) is 0 Å². The first-order valence-electron chi connectivity index (χ1n) is 4.20. The number of amides is 1. The first-order valence-corrected chi connectivity index (χ1v) is 4.20. The molecule has 3 N–H and O–H groups in total. The lowest BCUT2D eigenvalue weighted by molar-refractivity contribution is 0.114. The molecule has 0 spiro atoms. The van der Waals surface area contributed by atoms with Crippen molar-refractivity contribution in [1.29, 1.82) is 0 Å². The second-order valence-electron chi connectivity index (χ2n) is 3.18. The highest BCUT2D eigenvalue weighted by molar-refractivity contribution is 5.67. The number of ether oxygens (including phenoxy) is 1. The first kappa shape index (κ1) is 11.2. The van der Waals surface area contributed by atoms with E-state index in [0.29, 0.717) is 19.0 Å². The van der Waals surface area contributed by atoms with Crippen molar-refractivity contribution in [3.63, 3.8) is 0 Å². The first-order chi connectivity index (χ1) is 5.56. The molecule has 1 unspecified atom stereocenters. The molecule has 0 saturated carbocycles. The zero-order valence-corrected chi connectivity index (χ0v) is 7.96. The minimum absolute atomic E-state index is 0.0711. The van der Waals surface area contributed by atoms with Crippen LogP contribution in [0.5, 0.6) is 0 Å². The molecule has 0 aliphatic heterocycles. The Hall–Kier alpha value is -0.770. The third kappa shape index (κ3) is 5.97. The van der Waals surface area contributed by atoms with Gasteiger partial charge in [-0.05, 0) is 26.3 Å². The number of hydrogen-bond donors (Lipinski definition) is 2. The van der Waals surface area contributed by atoms with Gasteiger partial charge in [0.25, 0.3) is 0 Å². The number of nitrogens with two attached hydrogens (primary N) is 1. The van der Waals surface area contributed by atoms with E-state index in [1.165, 1.54) is 0 Å². The van der Waals surface area contributed by atoms with E-state index in [0.717, 1.165) is 0 Å². The molecular weight excluding hydrogens is 156 g/mol. The molecular formula is C8H18N2O2. The van der Waals surface area contributed by atoms with E-state index in [4.69, 9.17) is 10.5 Å². The average Bonchev–Trinajstić information content (AvgIpc) is 1.99. The molecule has 0 aromatic heterocycles. The van der Waals surface area contributed by atoms with Gasteiger partial charge in [-0.25, -0.2) is 4.79 Å². The number of carbonyl (C=O) groups is 1. The van der Waals surface area contributed by atoms with Crippen LogP contribution in [0.15, 0.2) is 0 Å². The molecule has 0 bridgehead atoms. The summed E-state index contributed by atoms with van der Waals surface area (Å²) in [5.41, 5.74) is 5.37. The standard InChI is InChI=1S/C8H18N2O2/c1-6(2)12-8(11)10-5-7(3)4-9/h6-7H,4-5,9H2,1-3H3,(H,10,11). The van der Waals surface area contributed by atoms with Gasteiger partial charge in [-0.15, -0.1) is 0 Å². The monoisotopic (exact) mass is 174 g/mol. The van der Waals surface area contributed by atoms with E-state index in [9.17, 15) is 4.79 Å². The summed E-state index contributed by atoms with van der Waals surface area (Å²) in [6, 6.07) is 0. The average molecular weight is 174 g/mol. The highest BCUT2D eigenvalue weighted by atomic mass is 16.6. The Morgan fingerprint density at radius 1 is 1.50 bits per heavy atom. The number of carbonyl (C=O) groups excluding carboxylic acids is 1. The smallest absolute Gasteiger partial charge is 0.407 e. The normalized spacial score (nSPS) is 12.8. The molecule has 0 aromatic carbocycles. The van der Waals surface area contributed by atoms with E-state index in [-0.39, 0.29) is 12.2 Å². The summed E-state index contributed by atoms with van der Waals surface area (Å²) < 4.78 is 4.85. The van der Waals surface area contributed by atoms with Gasteiger partial charge in [0.2, 0.25) is 0 Å². The summed E-state index contributed by atoms with van der Waals surface area (Å²) in [7, 11) is 0. The number of rotatable bonds is 4. The molecule has 0 rings (SSSR count). The van der Waals surface area contributed by atoms with Gasteiger partial charge in [0.05, 0.1) is 6.10 Å². The van der Waals surface area contributed by atoms with Crippen LogP contribution in [0.2, 0.25) is 0 Å². The molecule has 12 heavy (non-hydrogen) atoms. The van der Waals surface area contributed by atoms with Crippen molar-refractivity contribution in [3.05, 3.63) is 0 Å². The third-order valence-electron chi connectivity index (χ3n) is 1.34. The van der Waals surface area contributed by atoms with E-state index in [1.54, 1.807) is 0 Å². The van der Waals surface area contributed by atoms with Gasteiger partial charge in [0, 0.05) is 6.54 Å². The van der Waals surface area contributed by atoms with E-state index in [1.807, 2.05) is 20.8 Å². The topological polar surface area (TPSA) is 64.3 Å². The molecule has 0 aromatic rings. The molecule has 4 heteroatoms. The minimum atomic E-state index is -0.370. The van der Waals surface area contributed by atoms with Crippen molar-refractivity contribution in [3.8, 4) is 0 Å². The second-order valence-corrected chi connectivity index (χ2v) is 3.18. The van der Waals surface area contributed by atoms with E-state index < -0.39 is 0 Å². The van der Waals surface area contributed by atoms with Gasteiger partial charge in [-0.2, -0.15) is 0 Å². The van der Waals surface area contributed by atoms with Crippen LogP contribution >= 0.6 is 0 Å². The lowest BCUT2D eigenvalue weighted by Crippen LogP contribution is -2.32. The van der Waals surface area contributed by atoms with Crippen molar-refractivity contribution < 1.29 is 9.53 Å². The van der Waals surface area contributed by atoms with Gasteiger partial charge in [-0.3, -0.25) is 0 Å². The van der Waals surface area contributed by atoms with E-state index >= 15 is 0 Å². The largest absolute Gasteiger partial charge is 0.447 e. The van der Waals surface area contributed by atoms with Crippen LogP contribution in [0.4, 0.5) is 4.79 Å². The molecule has 1 atom stereocenters. The molecule has 0 fully saturated rings. The second kappa shape index (κ2) is 5.83. The molecule has 1 amide bonds. The predicted octanol–water partition coefficient (Wildman–Crippen LogP) is 0.716. The summed E-state index contributed by atoms with van der Waals surface area (Å²) in [4.78, 5) is 10.9. The van der Waals surface area contributed by atoms with Crippen molar-refractivity contribution in [2.45, 2.75) is 26.9 Å². The molecule has 72 valence electrons. The molecule has 0 aliphatic rings. The summed E-state index contributed by atoms with van der Waals surface area (Å²) >= 11 is 0. The fourth-order valence-corrected chi connectivity index (χ4v) is 0.597. The zero-order valence-electron chi connectivity index (χ0n) is 7.96. The van der Waals surface area contributed by atoms with Crippen LogP contribution in [0.3, 0.4) is 0 Å². The molecule has 0 radical (unpaired) electrons. The van der Waals surface area contributed by atoms with Gasteiger partial charge >= 0.3 is 6.09 Å². The Morgan fingerprint density at radius 3 is 2.50 bits per heavy atom. The van der Waals surface area contributed by atoms with Gasteiger partial charge in [-0.1, -0.05) is 6.92 Å². The number of nitrogens with one attached hydrogen (secondary N) is 1. The number of hydrogen-bond acceptors (Lipinski definition) is 3. The maximum atomic E-state index is 10.9. The maximum absolute atomic E-state index is 10.9. The van der Waals surface area contributed by atoms with Crippen LogP contribution in [-0.4, -0.2) is 25.3 Å². The van der Waals surface area contributed by atoms with Crippen molar-refractivity contribution in [2.24, 2.45) is 11.7 Å². The van der Waals surface area contributed by atoms with Crippen molar-refractivity contribution >= 4 is 6.09 Å². The van der Waals surface area contributed by atoms with Crippen molar-refractivity contribution in [1.82, 2.24) is 5.32 Å². The quantitative estimate of drug-likeness (QED) is 0.660. The fourth-order valence-electron chi connectivity index (χ4n) is 0.597. The highest BCUT2D eigenvalue weighted by Gasteiger charge is 2.05. The Balaban J connectivity index is 3.44. The maximum Gasteiger partial charge on any atom is 0.407 e. The van der Waals surface area contributed by atoms with Gasteiger partial charge < -0.3 is 15.8 Å². The third-order valence-corrected chi connectivity index (χ3v) is 1.34. The number of alkyl carbamates (subject to hydrolysis) is 1. The van der Waals surface area contributed by atoms with Crippen LogP contribution < -0.4 is 11.1 Å². The van der Waals surface area contributed by atoms with Gasteiger partial charge in [0.15, 0.2) is 0 Å². The Kier molecular flexibility index (Phi) is 5.45. The summed E-state index contributed by atoms with van der Waals surface area (Å²) in [6.07, 6.45) is -0.441. The SMILES string of the molecule is CC(CN)CNC(=O)OC(C)C. The summed E-state index contributed by atoms with van der Waals surface area (Å²) in [5.74, 6) is 0.296. The Labute approximate surface area is 73.5 Å². The molecule has 4 nitrogen and oxygen atoms in total. The zero-order chi connectivity index (χ0) is 9.56. The fraction of sp³-hybridized carbons (Fsp3) is 0.875. The van der Waals surface area contributed by atoms with Crippen LogP contribution in [0.1, 0.15) is 20.8 Å². The summed E-state index contributed by atoms with van der Waals surface area (Å²) in [5, 5.41) is 2.62. The lowest BCUT2D eigenvalue weighted by Gasteiger charge is -2.12. The van der Waals surface area contributed by atoms with Crippen LogP contribution in [0.25, 0.3) is 0 Å². The molecule has 0 aliphatic carbocycles. The molecule has 0 heterocycles. The van der Waals surface area contributed by atoms with Crippen LogP contribution in [-0.2, 0) is 4.74 Å². The Bertz CT molecular complexity index is 137. The predicted molar refractivity (Wildman–Crippen MR) is 47.8 cm³/mol. The summed E-state index contributed by atoms with van der Waals surface area (Å²) in [6.45, 7) is 6.73. The van der Waals surface area contributed by atoms with E-state index in [2.05, 4.69) is 5.32 Å². The highest BCUT2D eigenvalue weighted by Crippen LogP contribution is 1.91. The Morgan fingerprint density at radius 2 is 2.08 bits per heavy atom. The lowest BCUT2D eigenvalue weighted by atomic mass is 10.2. The van der Waals surface area contributed by atoms with Crippen LogP contribution in [0, 0.1) is 5.92 Å². The molecule has 0 saturated heterocycles. The minimum Gasteiger partial charge on any atom is -0.447 e.